The van der Waals surface area contributed by atoms with E-state index in [0.717, 1.165) is 10.2 Å². The predicted molar refractivity (Wildman–Crippen MR) is 118 cm³/mol. The van der Waals surface area contributed by atoms with Crippen LogP contribution in [-0.4, -0.2) is 42.1 Å². The van der Waals surface area contributed by atoms with Gasteiger partial charge in [-0.05, 0) is 25.6 Å². The van der Waals surface area contributed by atoms with Crippen LogP contribution in [0.3, 0.4) is 0 Å². The number of likely N-dealkylation sites (N-methyl/N-ethyl adjacent to an activating group) is 1. The summed E-state index contributed by atoms with van der Waals surface area (Å²) in [5.41, 5.74) is 7.08. The van der Waals surface area contributed by atoms with E-state index in [1.807, 2.05) is 30.7 Å². The summed E-state index contributed by atoms with van der Waals surface area (Å²) < 4.78 is 13.6. The smallest absolute Gasteiger partial charge is 0.317 e. The number of rotatable bonds is 8. The summed E-state index contributed by atoms with van der Waals surface area (Å²) in [5.74, 6) is -0.0375. The highest BCUT2D eigenvalue weighted by Gasteiger charge is 2.19. The molecule has 3 rings (SSSR count). The van der Waals surface area contributed by atoms with Gasteiger partial charge < -0.3 is 24.8 Å². The number of amides is 2. The Morgan fingerprint density at radius 3 is 2.81 bits per heavy atom. The summed E-state index contributed by atoms with van der Waals surface area (Å²) in [6, 6.07) is 3.27. The van der Waals surface area contributed by atoms with Crippen molar-refractivity contribution >= 4 is 33.4 Å². The minimum Gasteiger partial charge on any atom is -0.494 e. The van der Waals surface area contributed by atoms with Crippen LogP contribution in [-0.2, 0) is 13.0 Å². The van der Waals surface area contributed by atoms with E-state index in [4.69, 9.17) is 14.9 Å². The molecule has 0 unspecified atom stereocenters. The number of fused-ring (bicyclic) bond motifs is 1. The van der Waals surface area contributed by atoms with Crippen LogP contribution < -0.4 is 20.6 Å². The molecule has 10 heteroatoms. The van der Waals surface area contributed by atoms with Gasteiger partial charge in [-0.25, -0.2) is 4.98 Å². The lowest BCUT2D eigenvalue weighted by molar-refractivity contribution is 0.0967. The van der Waals surface area contributed by atoms with Crippen LogP contribution in [0.15, 0.2) is 33.7 Å². The maximum absolute atomic E-state index is 12.9. The van der Waals surface area contributed by atoms with Gasteiger partial charge in [0, 0.05) is 25.6 Å². The number of aryl methyl sites for hydroxylation is 2. The third kappa shape index (κ3) is 4.75. The van der Waals surface area contributed by atoms with Gasteiger partial charge in [0.2, 0.25) is 11.7 Å². The first-order valence-electron chi connectivity index (χ1n) is 9.75. The number of benzene rings is 1. The van der Waals surface area contributed by atoms with Gasteiger partial charge in [0.1, 0.15) is 11.3 Å². The fourth-order valence-electron chi connectivity index (χ4n) is 3.12. The molecular weight excluding hydrogens is 418 g/mol. The first-order chi connectivity index (χ1) is 14.9. The number of carbonyl (C=O) groups excluding carboxylic acids is 2. The van der Waals surface area contributed by atoms with Crippen LogP contribution in [0.25, 0.3) is 10.2 Å². The fourth-order valence-corrected chi connectivity index (χ4v) is 4.22. The lowest BCUT2D eigenvalue weighted by atomic mass is 10.2. The second-order valence-corrected chi connectivity index (χ2v) is 7.70. The number of ether oxygens (including phenoxy) is 1. The van der Waals surface area contributed by atoms with E-state index >= 15 is 0 Å². The minimum absolute atomic E-state index is 0.138. The molecule has 0 radical (unpaired) electrons. The second kappa shape index (κ2) is 9.71. The molecule has 0 atom stereocenters. The molecule has 0 saturated carbocycles. The summed E-state index contributed by atoms with van der Waals surface area (Å²) in [7, 11) is 3.38. The van der Waals surface area contributed by atoms with Gasteiger partial charge >= 0.3 is 5.91 Å². The number of nitrogens with one attached hydrogen (secondary N) is 1. The first kappa shape index (κ1) is 22.4. The van der Waals surface area contributed by atoms with Crippen LogP contribution in [0.2, 0.25) is 0 Å². The number of thiazole rings is 1. The molecule has 164 valence electrons. The van der Waals surface area contributed by atoms with Crippen LogP contribution in [0, 0.1) is 6.92 Å². The third-order valence-electron chi connectivity index (χ3n) is 4.55. The Hall–Kier alpha value is -3.24. The molecule has 31 heavy (non-hydrogen) atoms. The highest BCUT2D eigenvalue weighted by Crippen LogP contribution is 2.29. The van der Waals surface area contributed by atoms with Crippen LogP contribution >= 0.6 is 11.3 Å². The molecule has 9 nitrogen and oxygen atoms in total. The third-order valence-corrected chi connectivity index (χ3v) is 5.58. The van der Waals surface area contributed by atoms with E-state index in [2.05, 4.69) is 15.3 Å². The molecule has 2 amide bonds. The van der Waals surface area contributed by atoms with Gasteiger partial charge in [-0.15, -0.1) is 0 Å². The molecular formula is C21H25N5O4S. The molecule has 0 aliphatic heterocycles. The van der Waals surface area contributed by atoms with Crippen LogP contribution in [0.4, 0.5) is 0 Å². The molecule has 2 aromatic heterocycles. The topological polar surface area (TPSA) is 125 Å². The highest BCUT2D eigenvalue weighted by atomic mass is 32.1. The highest BCUT2D eigenvalue weighted by molar-refractivity contribution is 7.16. The molecule has 0 aliphatic rings. The number of hydrogen-bond donors (Lipinski definition) is 2. The van der Waals surface area contributed by atoms with Gasteiger partial charge in [0.25, 0.3) is 0 Å². The number of methoxy groups -OCH3 is 1. The van der Waals surface area contributed by atoms with Gasteiger partial charge in [-0.3, -0.25) is 9.59 Å². The van der Waals surface area contributed by atoms with Crippen molar-refractivity contribution in [2.24, 2.45) is 10.7 Å². The predicted octanol–water partition coefficient (Wildman–Crippen LogP) is 2.19. The van der Waals surface area contributed by atoms with Crippen molar-refractivity contribution in [2.45, 2.75) is 26.8 Å². The van der Waals surface area contributed by atoms with Gasteiger partial charge in [-0.1, -0.05) is 30.4 Å². The molecule has 0 fully saturated rings. The standard InChI is InChI=1S/C21H25N5O4S/c1-5-14-18(30-12(2)24-14)20(28)25-21-26(9-7-6-8-23-3)17-15(29-4)10-13(19(22)27)11-16(17)31-21/h6-7,10-11,23H,5,8-9H2,1-4H3,(H2,22,27)/b7-6+,25-21?. The number of oxazole rings is 1. The Labute approximate surface area is 183 Å². The van der Waals surface area contributed by atoms with Gasteiger partial charge in [0.05, 0.1) is 17.5 Å². The van der Waals surface area contributed by atoms with Crippen molar-refractivity contribution in [1.29, 1.82) is 0 Å². The maximum Gasteiger partial charge on any atom is 0.317 e. The molecule has 0 spiro atoms. The van der Waals surface area contributed by atoms with Gasteiger partial charge in [-0.2, -0.15) is 4.99 Å². The Balaban J connectivity index is 2.21. The molecule has 1 aromatic carbocycles. The van der Waals surface area contributed by atoms with Gasteiger partial charge in [0.15, 0.2) is 10.7 Å². The average molecular weight is 444 g/mol. The number of carbonyl (C=O) groups is 2. The number of nitrogens with two attached hydrogens (primary N) is 1. The number of nitrogens with zero attached hydrogens (tertiary/aromatic N) is 3. The van der Waals surface area contributed by atoms with Crippen molar-refractivity contribution in [3.63, 3.8) is 0 Å². The second-order valence-electron chi connectivity index (χ2n) is 6.69. The van der Waals surface area contributed by atoms with Crippen molar-refractivity contribution in [3.8, 4) is 5.75 Å². The Morgan fingerprint density at radius 2 is 2.16 bits per heavy atom. The molecule has 0 saturated heterocycles. The Kier molecular flexibility index (Phi) is 7.03. The summed E-state index contributed by atoms with van der Waals surface area (Å²) in [5, 5.41) is 3.04. The zero-order chi connectivity index (χ0) is 22.5. The average Bonchev–Trinajstić information content (AvgIpc) is 3.30. The molecule has 2 heterocycles. The number of hydrogen-bond acceptors (Lipinski definition) is 7. The van der Waals surface area contributed by atoms with Crippen molar-refractivity contribution < 1.29 is 18.7 Å². The number of aromatic nitrogens is 2. The van der Waals surface area contributed by atoms with Crippen molar-refractivity contribution in [3.05, 3.63) is 52.0 Å². The normalized spacial score (nSPS) is 12.2. The maximum atomic E-state index is 12.9. The van der Waals surface area contributed by atoms with E-state index < -0.39 is 11.8 Å². The molecule has 3 aromatic rings. The lowest BCUT2D eigenvalue weighted by Crippen LogP contribution is -2.17. The minimum atomic E-state index is -0.562. The Bertz CT molecular complexity index is 1220. The molecule has 0 aliphatic carbocycles. The zero-order valence-corrected chi connectivity index (χ0v) is 18.7. The van der Waals surface area contributed by atoms with E-state index in [-0.39, 0.29) is 5.76 Å². The summed E-state index contributed by atoms with van der Waals surface area (Å²) in [6.45, 7) is 4.75. The van der Waals surface area contributed by atoms with E-state index in [9.17, 15) is 9.59 Å². The molecule has 3 N–H and O–H groups in total. The summed E-state index contributed by atoms with van der Waals surface area (Å²) >= 11 is 1.27. The van der Waals surface area contributed by atoms with E-state index in [1.165, 1.54) is 18.4 Å². The number of primary amides is 1. The van der Waals surface area contributed by atoms with Crippen LogP contribution in [0.5, 0.6) is 5.75 Å². The summed E-state index contributed by atoms with van der Waals surface area (Å²) in [4.78, 5) is 33.7. The van der Waals surface area contributed by atoms with Crippen molar-refractivity contribution in [1.82, 2.24) is 14.9 Å². The lowest BCUT2D eigenvalue weighted by Gasteiger charge is -2.08. The molecule has 0 bridgehead atoms. The SMILES string of the molecule is CCc1nc(C)oc1C(=O)N=c1sc2cc(C(N)=O)cc(OC)c2n1C/C=C/CNC. The first-order valence-corrected chi connectivity index (χ1v) is 10.6. The largest absolute Gasteiger partial charge is 0.494 e. The van der Waals surface area contributed by atoms with Crippen LogP contribution in [0.1, 0.15) is 39.4 Å². The van der Waals surface area contributed by atoms with Crippen molar-refractivity contribution in [2.75, 3.05) is 20.7 Å². The number of allylic oxidation sites excluding steroid dienone is 1. The quantitative estimate of drug-likeness (QED) is 0.514. The Morgan fingerprint density at radius 1 is 1.39 bits per heavy atom. The fraction of sp³-hybridized carbons (Fsp3) is 0.333. The van der Waals surface area contributed by atoms with E-state index in [1.54, 1.807) is 19.1 Å². The summed E-state index contributed by atoms with van der Waals surface area (Å²) in [6.07, 6.45) is 4.49. The zero-order valence-electron chi connectivity index (χ0n) is 17.9. The van der Waals surface area contributed by atoms with E-state index in [0.29, 0.717) is 47.2 Å². The monoisotopic (exact) mass is 443 g/mol.